The number of hydrogen-bond donors (Lipinski definition) is 2. The molecule has 1 atom stereocenters. The molecule has 2 aromatic heterocycles. The molecule has 5 heteroatoms. The molecule has 0 fully saturated rings. The summed E-state index contributed by atoms with van der Waals surface area (Å²) >= 11 is 0. The van der Waals surface area contributed by atoms with Crippen LogP contribution in [0.15, 0.2) is 30.3 Å². The van der Waals surface area contributed by atoms with Gasteiger partial charge in [-0.3, -0.25) is 4.40 Å². The summed E-state index contributed by atoms with van der Waals surface area (Å²) in [4.78, 5) is 4.57. The molecule has 0 saturated heterocycles. The van der Waals surface area contributed by atoms with Gasteiger partial charge in [-0.05, 0) is 37.6 Å². The molecule has 1 aromatic carbocycles. The summed E-state index contributed by atoms with van der Waals surface area (Å²) in [5.74, 6) is 0.830. The van der Waals surface area contributed by atoms with Crippen LogP contribution in [0.2, 0.25) is 0 Å². The maximum absolute atomic E-state index is 9.48. The number of aromatic nitrogens is 2. The van der Waals surface area contributed by atoms with Crippen molar-refractivity contribution >= 4 is 22.5 Å². The Morgan fingerprint density at radius 3 is 2.90 bits per heavy atom. The Morgan fingerprint density at radius 1 is 1.43 bits per heavy atom. The van der Waals surface area contributed by atoms with Crippen molar-refractivity contribution < 1.29 is 5.11 Å². The van der Waals surface area contributed by atoms with Gasteiger partial charge in [-0.25, -0.2) is 4.98 Å². The maximum atomic E-state index is 9.48. The first-order valence-electron chi connectivity index (χ1n) is 6.84. The summed E-state index contributed by atoms with van der Waals surface area (Å²) in [6.07, 6.45) is -0.453. The summed E-state index contributed by atoms with van der Waals surface area (Å²) in [5, 5.41) is 22.1. The van der Waals surface area contributed by atoms with Crippen LogP contribution in [-0.2, 0) is 0 Å². The predicted molar refractivity (Wildman–Crippen MR) is 82.3 cm³/mol. The number of aliphatic hydroxyl groups excluding tert-OH is 1. The molecule has 0 radical (unpaired) electrons. The van der Waals surface area contributed by atoms with Crippen molar-refractivity contribution in [1.29, 1.82) is 5.26 Å². The van der Waals surface area contributed by atoms with Gasteiger partial charge in [0.1, 0.15) is 11.9 Å². The number of aliphatic hydroxyl groups is 1. The van der Waals surface area contributed by atoms with Crippen molar-refractivity contribution in [3.05, 3.63) is 41.5 Å². The summed E-state index contributed by atoms with van der Waals surface area (Å²) in [7, 11) is 0. The fourth-order valence-electron chi connectivity index (χ4n) is 2.48. The third kappa shape index (κ3) is 2.20. The highest BCUT2D eigenvalue weighted by Crippen LogP contribution is 2.26. The van der Waals surface area contributed by atoms with Crippen LogP contribution in [0.5, 0.6) is 0 Å². The Balaban J connectivity index is 2.34. The van der Waals surface area contributed by atoms with Crippen LogP contribution in [0.4, 0.5) is 5.82 Å². The number of nitriles is 1. The summed E-state index contributed by atoms with van der Waals surface area (Å²) in [6, 6.07) is 11.9. The fourth-order valence-corrected chi connectivity index (χ4v) is 2.48. The molecule has 21 heavy (non-hydrogen) atoms. The second-order valence-electron chi connectivity index (χ2n) is 5.19. The number of para-hydroxylation sites is 2. The average Bonchev–Trinajstić information content (AvgIpc) is 2.84. The first-order valence-corrected chi connectivity index (χ1v) is 6.84. The van der Waals surface area contributed by atoms with E-state index in [9.17, 15) is 10.4 Å². The minimum atomic E-state index is -0.453. The minimum Gasteiger partial charge on any atom is -0.392 e. The molecule has 2 heterocycles. The molecular formula is C16H16N4O. The topological polar surface area (TPSA) is 73.3 Å². The highest BCUT2D eigenvalue weighted by Gasteiger charge is 2.14. The summed E-state index contributed by atoms with van der Waals surface area (Å²) in [6.45, 7) is 4.06. The van der Waals surface area contributed by atoms with Crippen molar-refractivity contribution in [1.82, 2.24) is 9.38 Å². The molecule has 0 bridgehead atoms. The molecule has 3 rings (SSSR count). The first kappa shape index (κ1) is 13.4. The van der Waals surface area contributed by atoms with E-state index in [1.165, 1.54) is 0 Å². The van der Waals surface area contributed by atoms with Gasteiger partial charge in [-0.1, -0.05) is 12.1 Å². The van der Waals surface area contributed by atoms with Crippen LogP contribution >= 0.6 is 0 Å². The Morgan fingerprint density at radius 2 is 2.19 bits per heavy atom. The van der Waals surface area contributed by atoms with E-state index in [1.807, 2.05) is 41.7 Å². The van der Waals surface area contributed by atoms with Crippen LogP contribution in [0.3, 0.4) is 0 Å². The van der Waals surface area contributed by atoms with Crippen molar-refractivity contribution in [2.45, 2.75) is 20.0 Å². The van der Waals surface area contributed by atoms with Gasteiger partial charge in [0, 0.05) is 6.54 Å². The third-order valence-electron chi connectivity index (χ3n) is 3.46. The molecule has 0 aliphatic rings. The van der Waals surface area contributed by atoms with Crippen LogP contribution in [0, 0.1) is 18.3 Å². The smallest absolute Gasteiger partial charge is 0.157 e. The van der Waals surface area contributed by atoms with Crippen LogP contribution < -0.4 is 5.32 Å². The van der Waals surface area contributed by atoms with Crippen molar-refractivity contribution in [2.75, 3.05) is 11.9 Å². The minimum absolute atomic E-state index is 0.437. The van der Waals surface area contributed by atoms with Gasteiger partial charge < -0.3 is 10.4 Å². The number of nitrogens with one attached hydrogen (secondary N) is 1. The fraction of sp³-hybridized carbons (Fsp3) is 0.250. The lowest BCUT2D eigenvalue weighted by atomic mass is 10.1. The SMILES string of the molecule is Cc1cc(NC[C@H](C)O)n2c(nc3ccccc32)c1C#N. The van der Waals surface area contributed by atoms with E-state index in [-0.39, 0.29) is 0 Å². The van der Waals surface area contributed by atoms with E-state index in [0.29, 0.717) is 17.8 Å². The number of anilines is 1. The van der Waals surface area contributed by atoms with Gasteiger partial charge in [-0.15, -0.1) is 0 Å². The maximum Gasteiger partial charge on any atom is 0.157 e. The van der Waals surface area contributed by atoms with Crippen molar-refractivity contribution in [2.24, 2.45) is 0 Å². The van der Waals surface area contributed by atoms with Crippen LogP contribution in [0.25, 0.3) is 16.7 Å². The Bertz CT molecular complexity index is 858. The second kappa shape index (κ2) is 5.08. The molecule has 5 nitrogen and oxygen atoms in total. The standard InChI is InChI=1S/C16H16N4O/c1-10-7-15(18-9-11(2)21)20-14-6-4-3-5-13(14)19-16(20)12(10)8-17/h3-7,11,18,21H,9H2,1-2H3/t11-/m0/s1. The molecule has 106 valence electrons. The van der Waals surface area contributed by atoms with Crippen molar-refractivity contribution in [3.63, 3.8) is 0 Å². The second-order valence-corrected chi connectivity index (χ2v) is 5.19. The van der Waals surface area contributed by atoms with Crippen molar-refractivity contribution in [3.8, 4) is 6.07 Å². The predicted octanol–water partition coefficient (Wildman–Crippen LogP) is 2.46. The average molecular weight is 280 g/mol. The lowest BCUT2D eigenvalue weighted by Crippen LogP contribution is -2.17. The number of pyridine rings is 1. The molecule has 2 N–H and O–H groups in total. The third-order valence-corrected chi connectivity index (χ3v) is 3.46. The number of fused-ring (bicyclic) bond motifs is 3. The van der Waals surface area contributed by atoms with Gasteiger partial charge in [0.15, 0.2) is 5.65 Å². The number of hydrogen-bond acceptors (Lipinski definition) is 4. The first-order chi connectivity index (χ1) is 10.1. The van der Waals surface area contributed by atoms with Crippen LogP contribution in [-0.4, -0.2) is 27.1 Å². The molecule has 0 spiro atoms. The largest absolute Gasteiger partial charge is 0.392 e. The zero-order chi connectivity index (χ0) is 15.0. The van der Waals surface area contributed by atoms with E-state index in [4.69, 9.17) is 0 Å². The number of nitrogens with zero attached hydrogens (tertiary/aromatic N) is 3. The van der Waals surface area contributed by atoms with Gasteiger partial charge in [0.05, 0.1) is 22.7 Å². The molecule has 0 aliphatic carbocycles. The summed E-state index contributed by atoms with van der Waals surface area (Å²) in [5.41, 5.74) is 3.88. The zero-order valence-electron chi connectivity index (χ0n) is 12.0. The molecule has 0 aliphatic heterocycles. The van der Waals surface area contributed by atoms with Gasteiger partial charge in [0.2, 0.25) is 0 Å². The van der Waals surface area contributed by atoms with E-state index < -0.39 is 6.10 Å². The van der Waals surface area contributed by atoms with Gasteiger partial charge in [-0.2, -0.15) is 5.26 Å². The van der Waals surface area contributed by atoms with Gasteiger partial charge >= 0.3 is 0 Å². The van der Waals surface area contributed by atoms with Crippen LogP contribution in [0.1, 0.15) is 18.1 Å². The molecule has 0 unspecified atom stereocenters. The van der Waals surface area contributed by atoms with E-state index in [2.05, 4.69) is 16.4 Å². The highest BCUT2D eigenvalue weighted by molar-refractivity contribution is 5.85. The monoisotopic (exact) mass is 280 g/mol. The van der Waals surface area contributed by atoms with E-state index >= 15 is 0 Å². The summed E-state index contributed by atoms with van der Waals surface area (Å²) < 4.78 is 1.93. The highest BCUT2D eigenvalue weighted by atomic mass is 16.3. The number of aryl methyl sites for hydroxylation is 1. The Hall–Kier alpha value is -2.58. The Labute approximate surface area is 122 Å². The molecule has 0 amide bonds. The number of rotatable bonds is 3. The lowest BCUT2D eigenvalue weighted by Gasteiger charge is -2.13. The Kier molecular flexibility index (Phi) is 3.24. The molecule has 3 aromatic rings. The van der Waals surface area contributed by atoms with E-state index in [1.54, 1.807) is 6.92 Å². The molecular weight excluding hydrogens is 264 g/mol. The number of imidazole rings is 1. The van der Waals surface area contributed by atoms with E-state index in [0.717, 1.165) is 22.4 Å². The molecule has 0 saturated carbocycles. The quantitative estimate of drug-likeness (QED) is 0.773. The lowest BCUT2D eigenvalue weighted by molar-refractivity contribution is 0.208. The number of benzene rings is 1. The van der Waals surface area contributed by atoms with Gasteiger partial charge in [0.25, 0.3) is 0 Å². The normalized spacial score (nSPS) is 12.5. The zero-order valence-corrected chi connectivity index (χ0v) is 12.0.